The van der Waals surface area contributed by atoms with E-state index >= 15 is 0 Å². The van der Waals surface area contributed by atoms with Gasteiger partial charge in [0.2, 0.25) is 0 Å². The molecule has 7 nitrogen and oxygen atoms in total. The van der Waals surface area contributed by atoms with Crippen molar-refractivity contribution in [2.45, 2.75) is 12.8 Å². The van der Waals surface area contributed by atoms with Gasteiger partial charge in [-0.3, -0.25) is 4.79 Å². The zero-order chi connectivity index (χ0) is 25.1. The van der Waals surface area contributed by atoms with Crippen molar-refractivity contribution in [2.75, 3.05) is 19.0 Å². The molecule has 0 spiro atoms. The number of allylic oxidation sites excluding steroid dienone is 1. The molecule has 3 aromatic carbocycles. The average Bonchev–Trinajstić information content (AvgIpc) is 3.29. The molecule has 4 aromatic rings. The molecule has 0 fully saturated rings. The molecule has 1 aliphatic carbocycles. The van der Waals surface area contributed by atoms with Crippen molar-refractivity contribution >= 4 is 40.1 Å². The molecule has 180 valence electrons. The summed E-state index contributed by atoms with van der Waals surface area (Å²) in [4.78, 5) is 30.5. The number of fused-ring (bicyclic) bond motifs is 2. The summed E-state index contributed by atoms with van der Waals surface area (Å²) < 4.78 is 10.6. The van der Waals surface area contributed by atoms with Crippen LogP contribution in [-0.4, -0.2) is 35.7 Å². The molecule has 1 heterocycles. The second-order valence-corrected chi connectivity index (χ2v) is 8.45. The number of phenolic OH excluding ortho intramolecular Hbond substituents is 1. The van der Waals surface area contributed by atoms with Gasteiger partial charge in [0.25, 0.3) is 5.91 Å². The third kappa shape index (κ3) is 4.77. The van der Waals surface area contributed by atoms with E-state index in [-0.39, 0.29) is 5.75 Å². The lowest BCUT2D eigenvalue weighted by atomic mass is 10.0. The average molecular weight is 481 g/mol. The smallest absolute Gasteiger partial charge is 0.339 e. The van der Waals surface area contributed by atoms with Crippen molar-refractivity contribution in [1.82, 2.24) is 4.98 Å². The van der Waals surface area contributed by atoms with E-state index in [9.17, 15) is 14.7 Å². The summed E-state index contributed by atoms with van der Waals surface area (Å²) in [7, 11) is 1.57. The predicted molar refractivity (Wildman–Crippen MR) is 138 cm³/mol. The number of para-hydroxylation sites is 1. The maximum Gasteiger partial charge on any atom is 0.339 e. The molecule has 5 rings (SSSR count). The summed E-state index contributed by atoms with van der Waals surface area (Å²) in [5, 5.41) is 13.0. The van der Waals surface area contributed by atoms with Crippen molar-refractivity contribution < 1.29 is 24.2 Å². The number of nitrogens with zero attached hydrogens (tertiary/aromatic N) is 1. The molecule has 0 aliphatic heterocycles. The summed E-state index contributed by atoms with van der Waals surface area (Å²) >= 11 is 0. The third-order valence-corrected chi connectivity index (χ3v) is 6.09. The van der Waals surface area contributed by atoms with Crippen molar-refractivity contribution in [1.29, 1.82) is 0 Å². The Kier molecular flexibility index (Phi) is 6.36. The highest BCUT2D eigenvalue weighted by Gasteiger charge is 2.28. The van der Waals surface area contributed by atoms with Crippen molar-refractivity contribution in [3.05, 3.63) is 95.2 Å². The number of ether oxygens (including phenoxy) is 2. The van der Waals surface area contributed by atoms with Gasteiger partial charge in [0.1, 0.15) is 11.5 Å². The molecule has 36 heavy (non-hydrogen) atoms. The number of hydrogen-bond acceptors (Lipinski definition) is 6. The van der Waals surface area contributed by atoms with Crippen LogP contribution in [0.4, 0.5) is 5.69 Å². The standard InChI is InChI=1S/C29H24N2O5/c1-35-22-13-9-20(10-14-22)30-26(33)17-36-29(34)27-23-4-2-3-5-25(23)31-28-19(8-15-24(27)28)16-18-6-11-21(32)12-7-18/h2-7,9-14,16,32H,8,15,17H2,1H3,(H,30,33)/b19-16+. The topological polar surface area (TPSA) is 97.8 Å². The summed E-state index contributed by atoms with van der Waals surface area (Å²) in [6.07, 6.45) is 3.38. The second kappa shape index (κ2) is 9.92. The lowest BCUT2D eigenvalue weighted by Crippen LogP contribution is -2.21. The van der Waals surface area contributed by atoms with Gasteiger partial charge in [-0.1, -0.05) is 30.3 Å². The van der Waals surface area contributed by atoms with Gasteiger partial charge in [0, 0.05) is 11.1 Å². The number of esters is 1. The highest BCUT2D eigenvalue weighted by molar-refractivity contribution is 6.08. The summed E-state index contributed by atoms with van der Waals surface area (Å²) in [6.45, 7) is -0.410. The minimum Gasteiger partial charge on any atom is -0.508 e. The molecule has 0 radical (unpaired) electrons. The molecule has 1 aliphatic rings. The van der Waals surface area contributed by atoms with Gasteiger partial charge in [0.05, 0.1) is 23.9 Å². The van der Waals surface area contributed by atoms with E-state index in [0.29, 0.717) is 34.3 Å². The number of anilines is 1. The zero-order valence-corrected chi connectivity index (χ0v) is 19.7. The molecule has 7 heteroatoms. The number of methoxy groups -OCH3 is 1. The van der Waals surface area contributed by atoms with Crippen LogP contribution in [0.2, 0.25) is 0 Å². The largest absolute Gasteiger partial charge is 0.508 e. The van der Waals surface area contributed by atoms with E-state index in [0.717, 1.165) is 28.8 Å². The van der Waals surface area contributed by atoms with Crippen LogP contribution in [0.15, 0.2) is 72.8 Å². The molecule has 1 amide bonds. The Morgan fingerprint density at radius 2 is 1.75 bits per heavy atom. The lowest BCUT2D eigenvalue weighted by Gasteiger charge is -2.12. The van der Waals surface area contributed by atoms with Gasteiger partial charge in [-0.2, -0.15) is 0 Å². The SMILES string of the molecule is COc1ccc(NC(=O)COC(=O)c2c3c(nc4ccccc24)/C(=C/c2ccc(O)cc2)CC3)cc1. The number of amides is 1. The van der Waals surface area contributed by atoms with Crippen LogP contribution >= 0.6 is 0 Å². The molecule has 0 atom stereocenters. The van der Waals surface area contributed by atoms with Gasteiger partial charge in [0.15, 0.2) is 6.61 Å². The van der Waals surface area contributed by atoms with E-state index in [1.54, 1.807) is 43.5 Å². The van der Waals surface area contributed by atoms with Gasteiger partial charge >= 0.3 is 5.97 Å². The number of benzene rings is 3. The van der Waals surface area contributed by atoms with Crippen molar-refractivity contribution in [2.24, 2.45) is 0 Å². The molecule has 0 saturated heterocycles. The number of carbonyl (C=O) groups excluding carboxylic acids is 2. The number of phenols is 1. The summed E-state index contributed by atoms with van der Waals surface area (Å²) in [6, 6.07) is 21.3. The fourth-order valence-corrected chi connectivity index (χ4v) is 4.36. The van der Waals surface area contributed by atoms with Gasteiger partial charge < -0.3 is 19.9 Å². The van der Waals surface area contributed by atoms with Crippen LogP contribution in [-0.2, 0) is 16.0 Å². The maximum atomic E-state index is 13.3. The van der Waals surface area contributed by atoms with Crippen LogP contribution in [0.3, 0.4) is 0 Å². The second-order valence-electron chi connectivity index (χ2n) is 8.45. The fourth-order valence-electron chi connectivity index (χ4n) is 4.36. The highest BCUT2D eigenvalue weighted by atomic mass is 16.5. The highest BCUT2D eigenvalue weighted by Crippen LogP contribution is 2.38. The monoisotopic (exact) mass is 480 g/mol. The lowest BCUT2D eigenvalue weighted by molar-refractivity contribution is -0.119. The first-order chi connectivity index (χ1) is 17.5. The van der Waals surface area contributed by atoms with E-state index in [4.69, 9.17) is 14.5 Å². The Labute approximate surface area is 208 Å². The zero-order valence-electron chi connectivity index (χ0n) is 19.7. The van der Waals surface area contributed by atoms with Gasteiger partial charge in [-0.15, -0.1) is 0 Å². The Morgan fingerprint density at radius 3 is 2.50 bits per heavy atom. The van der Waals surface area contributed by atoms with Crippen molar-refractivity contribution in [3.63, 3.8) is 0 Å². The van der Waals surface area contributed by atoms with Crippen LogP contribution in [0.25, 0.3) is 22.6 Å². The number of rotatable bonds is 6. The Hall–Kier alpha value is -4.65. The molecule has 2 N–H and O–H groups in total. The Bertz CT molecular complexity index is 1470. The van der Waals surface area contributed by atoms with E-state index < -0.39 is 18.5 Å². The molecule has 0 unspecified atom stereocenters. The van der Waals surface area contributed by atoms with E-state index in [1.807, 2.05) is 42.5 Å². The Balaban J connectivity index is 1.40. The number of carbonyl (C=O) groups is 2. The third-order valence-electron chi connectivity index (χ3n) is 6.09. The Morgan fingerprint density at radius 1 is 1.00 bits per heavy atom. The van der Waals surface area contributed by atoms with Crippen LogP contribution in [0.1, 0.15) is 33.6 Å². The van der Waals surface area contributed by atoms with Crippen molar-refractivity contribution in [3.8, 4) is 11.5 Å². The normalized spacial score (nSPS) is 13.4. The van der Waals surface area contributed by atoms with Gasteiger partial charge in [-0.05, 0) is 78.1 Å². The minimum absolute atomic E-state index is 0.203. The van der Waals surface area contributed by atoms with Gasteiger partial charge in [-0.25, -0.2) is 9.78 Å². The van der Waals surface area contributed by atoms with Crippen LogP contribution < -0.4 is 10.1 Å². The van der Waals surface area contributed by atoms with E-state index in [1.165, 1.54) is 0 Å². The first-order valence-corrected chi connectivity index (χ1v) is 11.5. The molecular weight excluding hydrogens is 456 g/mol. The van der Waals surface area contributed by atoms with Crippen LogP contribution in [0, 0.1) is 0 Å². The molecule has 1 aromatic heterocycles. The summed E-state index contributed by atoms with van der Waals surface area (Å²) in [5.74, 6) is -0.108. The molecule has 0 saturated carbocycles. The number of aromatic nitrogens is 1. The molecular formula is C29H24N2O5. The number of nitrogens with one attached hydrogen (secondary N) is 1. The maximum absolute atomic E-state index is 13.3. The quantitative estimate of drug-likeness (QED) is 0.367. The first kappa shape index (κ1) is 23.1. The van der Waals surface area contributed by atoms with Crippen LogP contribution in [0.5, 0.6) is 11.5 Å². The number of hydrogen-bond donors (Lipinski definition) is 2. The molecule has 0 bridgehead atoms. The predicted octanol–water partition coefficient (Wildman–Crippen LogP) is 5.23. The number of pyridine rings is 1. The first-order valence-electron chi connectivity index (χ1n) is 11.5. The fraction of sp³-hybridized carbons (Fsp3) is 0.138. The van der Waals surface area contributed by atoms with E-state index in [2.05, 4.69) is 5.32 Å². The summed E-state index contributed by atoms with van der Waals surface area (Å²) in [5.41, 5.74) is 5.23. The number of aromatic hydroxyl groups is 1. The minimum atomic E-state index is -0.555.